The Bertz CT molecular complexity index is 2590. The monoisotopic (exact) mass is 610 g/mol. The molecule has 222 valence electrons. The van der Waals surface area contributed by atoms with Crippen LogP contribution in [0.4, 0.5) is 0 Å². The zero-order valence-corrected chi connectivity index (χ0v) is 25.8. The van der Waals surface area contributed by atoms with Crippen molar-refractivity contribution in [3.05, 3.63) is 169 Å². The molecule has 0 atom stereocenters. The molecule has 0 bridgehead atoms. The van der Waals surface area contributed by atoms with Gasteiger partial charge in [0.2, 0.25) is 0 Å². The summed E-state index contributed by atoms with van der Waals surface area (Å²) in [4.78, 5) is 9.18. The minimum absolute atomic E-state index is 0.579. The Labute approximate surface area is 278 Å². The Kier molecular flexibility index (Phi) is 7.23. The van der Waals surface area contributed by atoms with Crippen LogP contribution in [0.25, 0.3) is 77.4 Å². The van der Waals surface area contributed by atoms with Crippen molar-refractivity contribution in [2.24, 2.45) is 0 Å². The van der Waals surface area contributed by atoms with E-state index < -0.39 is 0 Å². The predicted molar refractivity (Wildman–Crippen MR) is 194 cm³/mol. The maximum absolute atomic E-state index is 9.53. The maximum atomic E-state index is 9.53. The Balaban J connectivity index is 1.42. The Morgan fingerprint density at radius 2 is 0.833 bits per heavy atom. The molecule has 4 heteroatoms. The van der Waals surface area contributed by atoms with E-state index in [4.69, 9.17) is 0 Å². The van der Waals surface area contributed by atoms with Crippen LogP contribution < -0.4 is 0 Å². The Morgan fingerprint density at radius 1 is 0.354 bits per heavy atom. The number of benzene rings is 6. The summed E-state index contributed by atoms with van der Waals surface area (Å²) in [7, 11) is 0. The summed E-state index contributed by atoms with van der Waals surface area (Å²) in [6, 6.07) is 54.2. The van der Waals surface area contributed by atoms with Crippen molar-refractivity contribution in [3.8, 4) is 68.0 Å². The van der Waals surface area contributed by atoms with Crippen LogP contribution >= 0.6 is 0 Å². The second-order valence-corrected chi connectivity index (χ2v) is 11.7. The largest absolute Gasteiger partial charge is 0.256 e. The molecular weight excluding hydrogens is 585 g/mol. The summed E-state index contributed by atoms with van der Waals surface area (Å²) in [6.45, 7) is 0. The molecule has 0 saturated heterocycles. The highest BCUT2D eigenvalue weighted by Crippen LogP contribution is 2.45. The molecule has 0 saturated carbocycles. The molecule has 2 aromatic heterocycles. The van der Waals surface area contributed by atoms with Gasteiger partial charge in [-0.1, -0.05) is 103 Å². The molecule has 4 nitrogen and oxygen atoms in total. The molecular formula is C44H26N4. The Hall–Kier alpha value is -6.88. The van der Waals surface area contributed by atoms with E-state index in [1.54, 1.807) is 24.5 Å². The van der Waals surface area contributed by atoms with Gasteiger partial charge in [0, 0.05) is 23.5 Å². The van der Waals surface area contributed by atoms with E-state index in [1.807, 2.05) is 30.3 Å². The molecule has 0 amide bonds. The summed E-state index contributed by atoms with van der Waals surface area (Å²) in [5, 5.41) is 23.6. The van der Waals surface area contributed by atoms with Crippen molar-refractivity contribution >= 4 is 21.5 Å². The first-order valence-corrected chi connectivity index (χ1v) is 15.7. The van der Waals surface area contributed by atoms with E-state index in [1.165, 1.54) is 0 Å². The quantitative estimate of drug-likeness (QED) is 0.182. The second kappa shape index (κ2) is 12.1. The topological polar surface area (TPSA) is 73.4 Å². The first-order valence-electron chi connectivity index (χ1n) is 15.7. The van der Waals surface area contributed by atoms with Gasteiger partial charge in [0.25, 0.3) is 0 Å². The first kappa shape index (κ1) is 28.6. The standard InChI is InChI=1S/C44H26N4/c45-27-29-18-20-47-41(22-29)33-10-6-12-35(24-33)43-37-14-4-5-15-38(37)44(40-26-32(16-17-39(40)43)31-8-2-1-3-9-31)36-13-7-11-34(25-36)42-23-30(28-46)19-21-48-42/h1-26H. The van der Waals surface area contributed by atoms with Gasteiger partial charge >= 0.3 is 0 Å². The lowest BCUT2D eigenvalue weighted by molar-refractivity contribution is 1.31. The highest BCUT2D eigenvalue weighted by atomic mass is 14.7. The average molecular weight is 611 g/mol. The normalized spacial score (nSPS) is 10.9. The number of hydrogen-bond donors (Lipinski definition) is 0. The molecule has 0 unspecified atom stereocenters. The van der Waals surface area contributed by atoms with Crippen molar-refractivity contribution in [1.82, 2.24) is 9.97 Å². The van der Waals surface area contributed by atoms with E-state index >= 15 is 0 Å². The summed E-state index contributed by atoms with van der Waals surface area (Å²) in [6.07, 6.45) is 3.37. The third kappa shape index (κ3) is 5.14. The lowest BCUT2D eigenvalue weighted by Gasteiger charge is -2.19. The molecule has 0 fully saturated rings. The van der Waals surface area contributed by atoms with Gasteiger partial charge in [-0.3, -0.25) is 9.97 Å². The van der Waals surface area contributed by atoms with Gasteiger partial charge in [0.1, 0.15) is 0 Å². The molecule has 0 aliphatic heterocycles. The van der Waals surface area contributed by atoms with E-state index in [0.29, 0.717) is 11.1 Å². The van der Waals surface area contributed by atoms with Crippen molar-refractivity contribution in [2.75, 3.05) is 0 Å². The minimum Gasteiger partial charge on any atom is -0.256 e. The van der Waals surface area contributed by atoms with Gasteiger partial charge in [0.15, 0.2) is 0 Å². The molecule has 2 heterocycles. The van der Waals surface area contributed by atoms with Gasteiger partial charge < -0.3 is 0 Å². The van der Waals surface area contributed by atoms with Crippen LogP contribution in [-0.2, 0) is 0 Å². The Morgan fingerprint density at radius 3 is 1.40 bits per heavy atom. The SMILES string of the molecule is N#Cc1ccnc(-c2cccc(-c3c4ccccc4c(-c4cccc(-c5cc(C#N)ccn5)c4)c4cc(-c5ccccc5)ccc34)c2)c1. The number of hydrogen-bond acceptors (Lipinski definition) is 4. The van der Waals surface area contributed by atoms with Crippen molar-refractivity contribution in [3.63, 3.8) is 0 Å². The molecule has 8 rings (SSSR count). The van der Waals surface area contributed by atoms with Gasteiger partial charge in [-0.05, 0) is 97.4 Å². The van der Waals surface area contributed by atoms with Gasteiger partial charge in [-0.15, -0.1) is 0 Å². The molecule has 6 aromatic carbocycles. The number of nitrogens with zero attached hydrogens (tertiary/aromatic N) is 4. The molecule has 0 spiro atoms. The minimum atomic E-state index is 0.579. The number of fused-ring (bicyclic) bond motifs is 2. The lowest BCUT2D eigenvalue weighted by Crippen LogP contribution is -1.93. The summed E-state index contributed by atoms with van der Waals surface area (Å²) < 4.78 is 0. The van der Waals surface area contributed by atoms with Crippen molar-refractivity contribution in [2.45, 2.75) is 0 Å². The van der Waals surface area contributed by atoms with Crippen LogP contribution in [0.5, 0.6) is 0 Å². The summed E-state index contributed by atoms with van der Waals surface area (Å²) in [5.41, 5.74) is 11.3. The van der Waals surface area contributed by atoms with Crippen LogP contribution in [0.3, 0.4) is 0 Å². The zero-order chi connectivity index (χ0) is 32.5. The summed E-state index contributed by atoms with van der Waals surface area (Å²) >= 11 is 0. The number of rotatable bonds is 5. The van der Waals surface area contributed by atoms with Crippen molar-refractivity contribution in [1.29, 1.82) is 10.5 Å². The third-order valence-corrected chi connectivity index (χ3v) is 8.80. The molecule has 0 N–H and O–H groups in total. The first-order chi connectivity index (χ1) is 23.7. The maximum Gasteiger partial charge on any atom is 0.0992 e. The van der Waals surface area contributed by atoms with E-state index in [-0.39, 0.29) is 0 Å². The molecule has 0 radical (unpaired) electrons. The van der Waals surface area contributed by atoms with E-state index in [9.17, 15) is 10.5 Å². The number of pyridine rings is 2. The van der Waals surface area contributed by atoms with Crippen LogP contribution in [0.15, 0.2) is 158 Å². The fraction of sp³-hybridized carbons (Fsp3) is 0. The zero-order valence-electron chi connectivity index (χ0n) is 25.8. The molecule has 0 aliphatic rings. The lowest BCUT2D eigenvalue weighted by atomic mass is 9.84. The highest BCUT2D eigenvalue weighted by molar-refractivity contribution is 6.22. The van der Waals surface area contributed by atoms with Crippen LogP contribution in [0, 0.1) is 22.7 Å². The number of aromatic nitrogens is 2. The predicted octanol–water partition coefficient (Wildman–Crippen LogP) is 10.9. The fourth-order valence-electron chi connectivity index (χ4n) is 6.59. The number of nitriles is 2. The molecule has 0 aliphatic carbocycles. The summed E-state index contributed by atoms with van der Waals surface area (Å²) in [5.74, 6) is 0. The average Bonchev–Trinajstić information content (AvgIpc) is 3.17. The molecule has 8 aromatic rings. The smallest absolute Gasteiger partial charge is 0.0992 e. The van der Waals surface area contributed by atoms with Gasteiger partial charge in [-0.25, -0.2) is 0 Å². The van der Waals surface area contributed by atoms with Crippen molar-refractivity contribution < 1.29 is 0 Å². The fourth-order valence-corrected chi connectivity index (χ4v) is 6.59. The molecule has 48 heavy (non-hydrogen) atoms. The van der Waals surface area contributed by atoms with E-state index in [2.05, 4.69) is 125 Å². The second-order valence-electron chi connectivity index (χ2n) is 11.7. The highest BCUT2D eigenvalue weighted by Gasteiger charge is 2.19. The third-order valence-electron chi connectivity index (χ3n) is 8.80. The van der Waals surface area contributed by atoms with Gasteiger partial charge in [-0.2, -0.15) is 10.5 Å². The van der Waals surface area contributed by atoms with Crippen LogP contribution in [0.1, 0.15) is 11.1 Å². The van der Waals surface area contributed by atoms with E-state index in [0.717, 1.165) is 77.4 Å². The van der Waals surface area contributed by atoms with Gasteiger partial charge in [0.05, 0.1) is 34.7 Å². The van der Waals surface area contributed by atoms with Crippen LogP contribution in [-0.4, -0.2) is 9.97 Å². The van der Waals surface area contributed by atoms with Crippen LogP contribution in [0.2, 0.25) is 0 Å².